The molecule has 0 aromatic carbocycles. The lowest BCUT2D eigenvalue weighted by Gasteiger charge is -2.11. The van der Waals surface area contributed by atoms with E-state index in [0.717, 1.165) is 32.2 Å². The van der Waals surface area contributed by atoms with Crippen LogP contribution in [0.3, 0.4) is 0 Å². The first-order chi connectivity index (χ1) is 8.29. The van der Waals surface area contributed by atoms with Crippen LogP contribution in [0.2, 0.25) is 0 Å². The van der Waals surface area contributed by atoms with E-state index in [-0.39, 0.29) is 0 Å². The Morgan fingerprint density at radius 3 is 3.06 bits per heavy atom. The van der Waals surface area contributed by atoms with E-state index in [1.807, 2.05) is 10.9 Å². The number of hydrogen-bond acceptors (Lipinski definition) is 3. The highest BCUT2D eigenvalue weighted by molar-refractivity contribution is 5.08. The van der Waals surface area contributed by atoms with Gasteiger partial charge in [-0.1, -0.05) is 0 Å². The Labute approximate surface area is 103 Å². The summed E-state index contributed by atoms with van der Waals surface area (Å²) in [6.45, 7) is 7.85. The third-order valence-corrected chi connectivity index (χ3v) is 3.22. The molecule has 1 aromatic rings. The molecule has 4 nitrogen and oxygen atoms in total. The van der Waals surface area contributed by atoms with Crippen molar-refractivity contribution in [3.05, 3.63) is 18.0 Å². The van der Waals surface area contributed by atoms with Crippen LogP contribution in [-0.4, -0.2) is 29.5 Å². The lowest BCUT2D eigenvalue weighted by Crippen LogP contribution is -2.23. The first-order valence-electron chi connectivity index (χ1n) is 6.63. The highest BCUT2D eigenvalue weighted by atomic mass is 16.5. The summed E-state index contributed by atoms with van der Waals surface area (Å²) in [5.74, 6) is 0.857. The van der Waals surface area contributed by atoms with Gasteiger partial charge in [0.25, 0.3) is 0 Å². The zero-order valence-electron chi connectivity index (χ0n) is 10.9. The molecule has 1 saturated carbocycles. The van der Waals surface area contributed by atoms with E-state index >= 15 is 0 Å². The summed E-state index contributed by atoms with van der Waals surface area (Å²) in [6.07, 6.45) is 6.76. The van der Waals surface area contributed by atoms with Crippen molar-refractivity contribution >= 4 is 0 Å². The molecule has 1 heterocycles. The van der Waals surface area contributed by atoms with Gasteiger partial charge in [0.05, 0.1) is 12.8 Å². The molecule has 0 amide bonds. The first kappa shape index (κ1) is 12.6. The van der Waals surface area contributed by atoms with Crippen LogP contribution in [0.1, 0.15) is 38.3 Å². The Morgan fingerprint density at radius 1 is 1.59 bits per heavy atom. The van der Waals surface area contributed by atoms with Gasteiger partial charge in [0.1, 0.15) is 0 Å². The number of nitrogens with zero attached hydrogens (tertiary/aromatic N) is 2. The van der Waals surface area contributed by atoms with Gasteiger partial charge in [0, 0.05) is 37.5 Å². The van der Waals surface area contributed by atoms with Crippen molar-refractivity contribution in [3.63, 3.8) is 0 Å². The van der Waals surface area contributed by atoms with Crippen LogP contribution < -0.4 is 5.32 Å². The van der Waals surface area contributed by atoms with Crippen molar-refractivity contribution in [1.82, 2.24) is 15.1 Å². The zero-order valence-corrected chi connectivity index (χ0v) is 10.9. The zero-order chi connectivity index (χ0) is 12.1. The normalized spacial score (nSPS) is 17.3. The minimum absolute atomic E-state index is 0.347. The van der Waals surface area contributed by atoms with Gasteiger partial charge >= 0.3 is 0 Å². The maximum atomic E-state index is 5.59. The molecule has 0 spiro atoms. The van der Waals surface area contributed by atoms with E-state index in [0.29, 0.717) is 6.04 Å². The van der Waals surface area contributed by atoms with Gasteiger partial charge in [0.15, 0.2) is 0 Å². The van der Waals surface area contributed by atoms with Crippen molar-refractivity contribution in [2.45, 2.75) is 39.3 Å². The number of nitrogens with one attached hydrogen (secondary N) is 1. The monoisotopic (exact) mass is 237 g/mol. The number of ether oxygens (including phenoxy) is 1. The van der Waals surface area contributed by atoms with Gasteiger partial charge in [-0.3, -0.25) is 4.68 Å². The smallest absolute Gasteiger partial charge is 0.0591 e. The summed E-state index contributed by atoms with van der Waals surface area (Å²) in [7, 11) is 0. The van der Waals surface area contributed by atoms with Crippen LogP contribution in [-0.2, 0) is 11.3 Å². The predicted octanol–water partition coefficient (Wildman–Crippen LogP) is 1.98. The standard InChI is InChI=1S/C13H23N3O/c1-3-16-9-13(8-15-16)11(2)14-6-7-17-10-12-4-5-12/h8-9,11-12,14H,3-7,10H2,1-2H3. The highest BCUT2D eigenvalue weighted by Crippen LogP contribution is 2.28. The second-order valence-corrected chi connectivity index (χ2v) is 4.82. The molecule has 1 fully saturated rings. The van der Waals surface area contributed by atoms with Crippen molar-refractivity contribution in [2.24, 2.45) is 5.92 Å². The molecule has 1 atom stereocenters. The molecule has 1 aliphatic carbocycles. The van der Waals surface area contributed by atoms with E-state index in [4.69, 9.17) is 4.74 Å². The van der Waals surface area contributed by atoms with Crippen LogP contribution in [0.15, 0.2) is 12.4 Å². The molecule has 0 saturated heterocycles. The van der Waals surface area contributed by atoms with E-state index < -0.39 is 0 Å². The summed E-state index contributed by atoms with van der Waals surface area (Å²) in [4.78, 5) is 0. The topological polar surface area (TPSA) is 39.1 Å². The molecule has 1 unspecified atom stereocenters. The molecule has 2 rings (SSSR count). The van der Waals surface area contributed by atoms with Gasteiger partial charge in [-0.2, -0.15) is 5.10 Å². The summed E-state index contributed by atoms with van der Waals surface area (Å²) >= 11 is 0. The average molecular weight is 237 g/mol. The summed E-state index contributed by atoms with van der Waals surface area (Å²) < 4.78 is 7.54. The number of rotatable bonds is 8. The van der Waals surface area contributed by atoms with Crippen LogP contribution >= 0.6 is 0 Å². The third-order valence-electron chi connectivity index (χ3n) is 3.22. The molecule has 0 radical (unpaired) electrons. The summed E-state index contributed by atoms with van der Waals surface area (Å²) in [5.41, 5.74) is 1.24. The van der Waals surface area contributed by atoms with Crippen molar-refractivity contribution in [1.29, 1.82) is 0 Å². The first-order valence-corrected chi connectivity index (χ1v) is 6.63. The molecule has 1 N–H and O–H groups in total. The van der Waals surface area contributed by atoms with Gasteiger partial charge < -0.3 is 10.1 Å². The Balaban J connectivity index is 1.60. The Hall–Kier alpha value is -0.870. The molecule has 4 heteroatoms. The largest absolute Gasteiger partial charge is 0.380 e. The maximum Gasteiger partial charge on any atom is 0.0591 e. The van der Waals surface area contributed by atoms with Gasteiger partial charge in [-0.25, -0.2) is 0 Å². The Morgan fingerprint density at radius 2 is 2.41 bits per heavy atom. The fourth-order valence-electron chi connectivity index (χ4n) is 1.78. The quantitative estimate of drug-likeness (QED) is 0.703. The van der Waals surface area contributed by atoms with E-state index in [1.54, 1.807) is 0 Å². The minimum Gasteiger partial charge on any atom is -0.380 e. The van der Waals surface area contributed by atoms with Crippen LogP contribution in [0.4, 0.5) is 0 Å². The second kappa shape index (κ2) is 6.17. The molecule has 0 bridgehead atoms. The fraction of sp³-hybridized carbons (Fsp3) is 0.769. The molecule has 96 valence electrons. The second-order valence-electron chi connectivity index (χ2n) is 4.82. The van der Waals surface area contributed by atoms with Gasteiger partial charge in [-0.15, -0.1) is 0 Å². The summed E-state index contributed by atoms with van der Waals surface area (Å²) in [6, 6.07) is 0.347. The molecule has 1 aliphatic rings. The van der Waals surface area contributed by atoms with E-state index in [9.17, 15) is 0 Å². The van der Waals surface area contributed by atoms with Gasteiger partial charge in [0.2, 0.25) is 0 Å². The Kier molecular flexibility index (Phi) is 4.57. The fourth-order valence-corrected chi connectivity index (χ4v) is 1.78. The minimum atomic E-state index is 0.347. The van der Waals surface area contributed by atoms with E-state index in [2.05, 4.69) is 30.5 Å². The SMILES string of the molecule is CCn1cc(C(C)NCCOCC2CC2)cn1. The molecule has 1 aromatic heterocycles. The lowest BCUT2D eigenvalue weighted by molar-refractivity contribution is 0.124. The Bertz CT molecular complexity index is 333. The maximum absolute atomic E-state index is 5.59. The number of hydrogen-bond donors (Lipinski definition) is 1. The summed E-state index contributed by atoms with van der Waals surface area (Å²) in [5, 5.41) is 7.73. The van der Waals surface area contributed by atoms with Crippen molar-refractivity contribution in [3.8, 4) is 0 Å². The van der Waals surface area contributed by atoms with Crippen molar-refractivity contribution in [2.75, 3.05) is 19.8 Å². The third kappa shape index (κ3) is 4.13. The van der Waals surface area contributed by atoms with Crippen LogP contribution in [0, 0.1) is 5.92 Å². The number of aromatic nitrogens is 2. The van der Waals surface area contributed by atoms with Crippen LogP contribution in [0.5, 0.6) is 0 Å². The molecule has 0 aliphatic heterocycles. The highest BCUT2D eigenvalue weighted by Gasteiger charge is 2.20. The van der Waals surface area contributed by atoms with Crippen LogP contribution in [0.25, 0.3) is 0 Å². The molecule has 17 heavy (non-hydrogen) atoms. The lowest BCUT2D eigenvalue weighted by atomic mass is 10.2. The number of aryl methyl sites for hydroxylation is 1. The predicted molar refractivity (Wildman–Crippen MR) is 67.9 cm³/mol. The van der Waals surface area contributed by atoms with Crippen molar-refractivity contribution < 1.29 is 4.74 Å². The molecular weight excluding hydrogens is 214 g/mol. The average Bonchev–Trinajstić information content (AvgIpc) is 3.03. The molecular formula is C13H23N3O. The van der Waals surface area contributed by atoms with E-state index in [1.165, 1.54) is 18.4 Å². The van der Waals surface area contributed by atoms with Gasteiger partial charge in [-0.05, 0) is 32.6 Å².